The van der Waals surface area contributed by atoms with E-state index in [0.717, 1.165) is 18.8 Å². The Hall–Kier alpha value is -1.37. The molecule has 2 bridgehead atoms. The summed E-state index contributed by atoms with van der Waals surface area (Å²) in [4.78, 5) is 9.06. The number of hydrogen-bond donors (Lipinski definition) is 1. The van der Waals surface area contributed by atoms with Gasteiger partial charge in [0.1, 0.15) is 17.8 Å². The summed E-state index contributed by atoms with van der Waals surface area (Å²) in [6, 6.07) is 1.79. The zero-order chi connectivity index (χ0) is 12.0. The number of piperazine rings is 1. The van der Waals surface area contributed by atoms with Gasteiger partial charge < -0.3 is 10.2 Å². The van der Waals surface area contributed by atoms with Crippen LogP contribution < -0.4 is 10.2 Å². The van der Waals surface area contributed by atoms with E-state index in [-0.39, 0.29) is 0 Å². The molecule has 17 heavy (non-hydrogen) atoms. The first-order chi connectivity index (χ1) is 8.02. The molecule has 3 aliphatic heterocycles. The standard InChI is InChI=1S/C10H11F3N4/c11-10(12,13)8-2-9(15-5-14-8)17-3-6-1-7(4-17)16-6/h2,5-7,16H,1,3-4H2. The molecule has 0 amide bonds. The van der Waals surface area contributed by atoms with Crippen molar-refractivity contribution in [3.63, 3.8) is 0 Å². The van der Waals surface area contributed by atoms with Crippen molar-refractivity contribution < 1.29 is 13.2 Å². The van der Waals surface area contributed by atoms with E-state index in [1.807, 2.05) is 4.90 Å². The van der Waals surface area contributed by atoms with E-state index in [1.54, 1.807) is 0 Å². The summed E-state index contributed by atoms with van der Waals surface area (Å²) in [5.74, 6) is 0.364. The van der Waals surface area contributed by atoms with Crippen molar-refractivity contribution in [1.82, 2.24) is 15.3 Å². The minimum absolute atomic E-state index is 0.364. The van der Waals surface area contributed by atoms with Gasteiger partial charge >= 0.3 is 6.18 Å². The highest BCUT2D eigenvalue weighted by Crippen LogP contribution is 2.30. The van der Waals surface area contributed by atoms with Gasteiger partial charge in [0, 0.05) is 31.2 Å². The second kappa shape index (κ2) is 3.56. The van der Waals surface area contributed by atoms with Crippen LogP contribution in [0.1, 0.15) is 12.1 Å². The van der Waals surface area contributed by atoms with Crippen LogP contribution in [0.5, 0.6) is 0 Å². The predicted octanol–water partition coefficient (Wildman–Crippen LogP) is 1.05. The summed E-state index contributed by atoms with van der Waals surface area (Å²) in [6.07, 6.45) is -2.33. The van der Waals surface area contributed by atoms with Gasteiger partial charge in [-0.25, -0.2) is 9.97 Å². The molecule has 3 saturated heterocycles. The largest absolute Gasteiger partial charge is 0.433 e. The molecular weight excluding hydrogens is 233 g/mol. The molecule has 0 saturated carbocycles. The lowest BCUT2D eigenvalue weighted by molar-refractivity contribution is -0.141. The van der Waals surface area contributed by atoms with Gasteiger partial charge in [0.05, 0.1) is 0 Å². The highest BCUT2D eigenvalue weighted by atomic mass is 19.4. The Morgan fingerprint density at radius 3 is 2.47 bits per heavy atom. The minimum atomic E-state index is -4.41. The van der Waals surface area contributed by atoms with Gasteiger partial charge in [-0.3, -0.25) is 0 Å². The third kappa shape index (κ3) is 1.95. The second-order valence-electron chi connectivity index (χ2n) is 4.46. The fraction of sp³-hybridized carbons (Fsp3) is 0.600. The fourth-order valence-electron chi connectivity index (χ4n) is 2.38. The number of aromatic nitrogens is 2. The molecule has 3 aliphatic rings. The summed E-state index contributed by atoms with van der Waals surface area (Å²) < 4.78 is 37.5. The molecule has 3 fully saturated rings. The number of fused-ring (bicyclic) bond motifs is 2. The number of rotatable bonds is 1. The van der Waals surface area contributed by atoms with Crippen molar-refractivity contribution in [2.75, 3.05) is 18.0 Å². The molecule has 1 N–H and O–H groups in total. The molecule has 0 spiro atoms. The smallest absolute Gasteiger partial charge is 0.353 e. The molecule has 4 rings (SSSR count). The number of nitrogens with zero attached hydrogens (tertiary/aromatic N) is 3. The lowest BCUT2D eigenvalue weighted by Crippen LogP contribution is -2.67. The van der Waals surface area contributed by atoms with Gasteiger partial charge in [-0.05, 0) is 6.42 Å². The van der Waals surface area contributed by atoms with Crippen LogP contribution in [-0.4, -0.2) is 35.1 Å². The maximum absolute atomic E-state index is 12.5. The first-order valence-corrected chi connectivity index (χ1v) is 5.42. The molecule has 92 valence electrons. The van der Waals surface area contributed by atoms with E-state index in [9.17, 15) is 13.2 Å². The average Bonchev–Trinajstić information content (AvgIpc) is 2.27. The van der Waals surface area contributed by atoms with E-state index in [4.69, 9.17) is 0 Å². The molecule has 0 aromatic carbocycles. The highest BCUT2D eigenvalue weighted by molar-refractivity contribution is 5.42. The van der Waals surface area contributed by atoms with Crippen LogP contribution in [0.4, 0.5) is 19.0 Å². The van der Waals surface area contributed by atoms with Gasteiger partial charge in [0.2, 0.25) is 0 Å². The SMILES string of the molecule is FC(F)(F)c1cc(N2CC3CC(C2)N3)ncn1. The molecule has 2 atom stereocenters. The molecule has 2 unspecified atom stereocenters. The summed E-state index contributed by atoms with van der Waals surface area (Å²) in [5.41, 5.74) is -0.880. The Morgan fingerprint density at radius 2 is 1.88 bits per heavy atom. The molecule has 0 radical (unpaired) electrons. The number of halogens is 3. The third-order valence-electron chi connectivity index (χ3n) is 3.19. The van der Waals surface area contributed by atoms with Crippen LogP contribution in [0, 0.1) is 0 Å². The quantitative estimate of drug-likeness (QED) is 0.801. The summed E-state index contributed by atoms with van der Waals surface area (Å²) in [6.45, 7) is 1.43. The van der Waals surface area contributed by atoms with E-state index in [0.29, 0.717) is 31.0 Å². The Kier molecular flexibility index (Phi) is 2.25. The summed E-state index contributed by atoms with van der Waals surface area (Å²) in [7, 11) is 0. The summed E-state index contributed by atoms with van der Waals surface area (Å²) in [5, 5.41) is 3.32. The maximum atomic E-state index is 12.5. The maximum Gasteiger partial charge on any atom is 0.433 e. The Bertz CT molecular complexity index is 418. The van der Waals surface area contributed by atoms with Gasteiger partial charge in [-0.15, -0.1) is 0 Å². The zero-order valence-corrected chi connectivity index (χ0v) is 8.91. The zero-order valence-electron chi connectivity index (χ0n) is 8.91. The average molecular weight is 244 g/mol. The normalized spacial score (nSPS) is 27.8. The van der Waals surface area contributed by atoms with Crippen molar-refractivity contribution in [3.8, 4) is 0 Å². The second-order valence-corrected chi connectivity index (χ2v) is 4.46. The van der Waals surface area contributed by atoms with Gasteiger partial charge in [0.25, 0.3) is 0 Å². The predicted molar refractivity (Wildman–Crippen MR) is 54.6 cm³/mol. The third-order valence-corrected chi connectivity index (χ3v) is 3.19. The summed E-state index contributed by atoms with van der Waals surface area (Å²) >= 11 is 0. The molecule has 1 aromatic rings. The minimum Gasteiger partial charge on any atom is -0.353 e. The number of nitrogens with one attached hydrogen (secondary N) is 1. The lowest BCUT2D eigenvalue weighted by atomic mass is 9.91. The molecule has 1 aromatic heterocycles. The fourth-order valence-corrected chi connectivity index (χ4v) is 2.38. The van der Waals surface area contributed by atoms with Crippen LogP contribution in [0.2, 0.25) is 0 Å². The number of anilines is 1. The number of alkyl halides is 3. The Balaban J connectivity index is 1.83. The first kappa shape index (κ1) is 10.8. The molecule has 0 aliphatic carbocycles. The van der Waals surface area contributed by atoms with E-state index in [1.165, 1.54) is 0 Å². The molecule has 4 nitrogen and oxygen atoms in total. The van der Waals surface area contributed by atoms with Crippen molar-refractivity contribution in [2.24, 2.45) is 0 Å². The van der Waals surface area contributed by atoms with Crippen LogP contribution in [0.25, 0.3) is 0 Å². The number of piperidine rings is 1. The van der Waals surface area contributed by atoms with Crippen LogP contribution in [-0.2, 0) is 6.18 Å². The Labute approximate surface area is 95.9 Å². The number of hydrogen-bond acceptors (Lipinski definition) is 4. The topological polar surface area (TPSA) is 41.0 Å². The molecule has 7 heteroatoms. The van der Waals surface area contributed by atoms with Gasteiger partial charge in [-0.1, -0.05) is 0 Å². The van der Waals surface area contributed by atoms with Crippen LogP contribution >= 0.6 is 0 Å². The van der Waals surface area contributed by atoms with Gasteiger partial charge in [0.15, 0.2) is 0 Å². The highest BCUT2D eigenvalue weighted by Gasteiger charge is 2.38. The lowest BCUT2D eigenvalue weighted by Gasteiger charge is -2.48. The van der Waals surface area contributed by atoms with Crippen molar-refractivity contribution in [2.45, 2.75) is 24.7 Å². The van der Waals surface area contributed by atoms with E-state index in [2.05, 4.69) is 15.3 Å². The van der Waals surface area contributed by atoms with Crippen molar-refractivity contribution >= 4 is 5.82 Å². The van der Waals surface area contributed by atoms with Gasteiger partial charge in [-0.2, -0.15) is 13.2 Å². The first-order valence-electron chi connectivity index (χ1n) is 5.42. The van der Waals surface area contributed by atoms with E-state index >= 15 is 0 Å². The van der Waals surface area contributed by atoms with E-state index < -0.39 is 11.9 Å². The van der Waals surface area contributed by atoms with Crippen LogP contribution in [0.3, 0.4) is 0 Å². The van der Waals surface area contributed by atoms with Crippen LogP contribution in [0.15, 0.2) is 12.4 Å². The molecular formula is C10H11F3N4. The Morgan fingerprint density at radius 1 is 1.24 bits per heavy atom. The monoisotopic (exact) mass is 244 g/mol. The van der Waals surface area contributed by atoms with Crippen molar-refractivity contribution in [1.29, 1.82) is 0 Å². The van der Waals surface area contributed by atoms with Crippen molar-refractivity contribution in [3.05, 3.63) is 18.1 Å². The molecule has 4 heterocycles.